The van der Waals surface area contributed by atoms with E-state index in [0.717, 1.165) is 12.8 Å². The van der Waals surface area contributed by atoms with Crippen LogP contribution in [0.25, 0.3) is 11.4 Å². The third-order valence-corrected chi connectivity index (χ3v) is 4.88. The van der Waals surface area contributed by atoms with Gasteiger partial charge in [-0.15, -0.1) is 10.2 Å². The van der Waals surface area contributed by atoms with Crippen LogP contribution in [-0.2, 0) is 18.4 Å². The highest BCUT2D eigenvalue weighted by atomic mass is 16.3. The van der Waals surface area contributed by atoms with E-state index in [2.05, 4.69) is 36.2 Å². The Morgan fingerprint density at radius 1 is 1.23 bits per heavy atom. The van der Waals surface area contributed by atoms with E-state index < -0.39 is 5.91 Å². The van der Waals surface area contributed by atoms with Crippen molar-refractivity contribution in [1.82, 2.24) is 30.3 Å². The number of anilines is 3. The molecule has 0 saturated heterocycles. The molecule has 160 valence electrons. The molecule has 4 rings (SSSR count). The van der Waals surface area contributed by atoms with E-state index in [-0.39, 0.29) is 29.9 Å². The van der Waals surface area contributed by atoms with Gasteiger partial charge in [0.25, 0.3) is 5.91 Å². The van der Waals surface area contributed by atoms with E-state index >= 15 is 0 Å². The Bertz CT molecular complexity index is 1140. The maximum atomic E-state index is 12.3. The molecule has 1 aliphatic rings. The lowest BCUT2D eigenvalue weighted by Gasteiger charge is -2.16. The number of nitrogens with one attached hydrogen (secondary N) is 3. The van der Waals surface area contributed by atoms with Crippen LogP contribution < -0.4 is 16.0 Å². The molecule has 2 aromatic heterocycles. The van der Waals surface area contributed by atoms with Gasteiger partial charge in [0.1, 0.15) is 6.33 Å². The van der Waals surface area contributed by atoms with Gasteiger partial charge in [-0.25, -0.2) is 4.98 Å². The Labute approximate surface area is 177 Å². The van der Waals surface area contributed by atoms with Crippen LogP contribution in [0.15, 0.2) is 30.6 Å². The van der Waals surface area contributed by atoms with Crippen molar-refractivity contribution in [3.05, 3.63) is 41.9 Å². The maximum absolute atomic E-state index is 12.3. The van der Waals surface area contributed by atoms with Crippen LogP contribution in [0.4, 0.5) is 17.2 Å². The minimum atomic E-state index is -0.442. The normalized spacial score (nSPS) is 13.0. The summed E-state index contributed by atoms with van der Waals surface area (Å²) in [5.41, 5.74) is 2.14. The lowest BCUT2D eigenvalue weighted by Crippen LogP contribution is -2.22. The number of nitrogens with zero attached hydrogens (tertiary/aromatic N) is 5. The first-order valence-corrected chi connectivity index (χ1v) is 9.76. The second-order valence-electron chi connectivity index (χ2n) is 7.19. The fraction of sp³-hybridized carbons (Fsp3) is 0.300. The first-order chi connectivity index (χ1) is 15.0. The van der Waals surface area contributed by atoms with Crippen LogP contribution in [0.5, 0.6) is 0 Å². The Morgan fingerprint density at radius 3 is 2.68 bits per heavy atom. The fourth-order valence-corrected chi connectivity index (χ4v) is 3.10. The molecule has 0 unspecified atom stereocenters. The average Bonchev–Trinajstić information content (AvgIpc) is 3.54. The van der Waals surface area contributed by atoms with Crippen LogP contribution >= 0.6 is 0 Å². The van der Waals surface area contributed by atoms with Gasteiger partial charge in [-0.2, -0.15) is 5.10 Å². The van der Waals surface area contributed by atoms with Gasteiger partial charge in [-0.05, 0) is 18.9 Å². The van der Waals surface area contributed by atoms with Gasteiger partial charge in [0.05, 0.1) is 12.3 Å². The summed E-state index contributed by atoms with van der Waals surface area (Å²) in [4.78, 5) is 28.7. The summed E-state index contributed by atoms with van der Waals surface area (Å²) in [5.74, 6) is 0.142. The molecule has 0 radical (unpaired) electrons. The summed E-state index contributed by atoms with van der Waals surface area (Å²) < 4.78 is 1.57. The number of carbonyl (C=O) groups excluding carboxylic acids is 2. The van der Waals surface area contributed by atoms with E-state index in [4.69, 9.17) is 0 Å². The minimum absolute atomic E-state index is 0.000344. The molecule has 2 heterocycles. The van der Waals surface area contributed by atoms with Crippen molar-refractivity contribution in [3.8, 4) is 11.4 Å². The zero-order chi connectivity index (χ0) is 22.0. The van der Waals surface area contributed by atoms with Crippen molar-refractivity contribution in [2.45, 2.75) is 19.4 Å². The number of aliphatic hydroxyl groups excluding tert-OH is 1. The van der Waals surface area contributed by atoms with Crippen molar-refractivity contribution < 1.29 is 14.7 Å². The van der Waals surface area contributed by atoms with Crippen molar-refractivity contribution in [3.63, 3.8) is 0 Å². The van der Waals surface area contributed by atoms with E-state index in [1.165, 1.54) is 7.05 Å². The second-order valence-corrected chi connectivity index (χ2v) is 7.19. The van der Waals surface area contributed by atoms with E-state index in [9.17, 15) is 14.7 Å². The lowest BCUT2D eigenvalue weighted by atomic mass is 10.0. The zero-order valence-electron chi connectivity index (χ0n) is 17.1. The Hall–Kier alpha value is -3.86. The molecule has 1 saturated carbocycles. The highest BCUT2D eigenvalue weighted by Crippen LogP contribution is 2.32. The number of benzene rings is 1. The van der Waals surface area contributed by atoms with Crippen LogP contribution in [0, 0.1) is 5.92 Å². The summed E-state index contributed by atoms with van der Waals surface area (Å²) in [6.45, 7) is -0.282. The lowest BCUT2D eigenvalue weighted by molar-refractivity contribution is -0.117. The number of amides is 2. The number of rotatable bonds is 7. The van der Waals surface area contributed by atoms with Crippen LogP contribution in [0.2, 0.25) is 0 Å². The molecule has 11 nitrogen and oxygen atoms in total. The van der Waals surface area contributed by atoms with Crippen LogP contribution in [-0.4, -0.2) is 48.9 Å². The standard InChI is InChI=1S/C20H22N8O3/c1-21-20(31)17-15(8-16(25-26-17)24-19(30)11-6-7-11)23-14-5-3-4-12(13(14)9-29)18-22-10-28(2)27-18/h3-5,8,10-11,29H,6-7,9H2,1-2H3,(H,21,31)(H2,23,24,25,30). The highest BCUT2D eigenvalue weighted by molar-refractivity contribution is 5.99. The summed E-state index contributed by atoms with van der Waals surface area (Å²) in [6, 6.07) is 6.90. The van der Waals surface area contributed by atoms with Gasteiger partial charge in [-0.3, -0.25) is 14.3 Å². The number of hydrogen-bond acceptors (Lipinski definition) is 8. The van der Waals surface area contributed by atoms with Gasteiger partial charge < -0.3 is 21.1 Å². The molecule has 0 aliphatic heterocycles. The van der Waals surface area contributed by atoms with Gasteiger partial charge in [0.2, 0.25) is 5.91 Å². The molecule has 4 N–H and O–H groups in total. The third kappa shape index (κ3) is 4.36. The van der Waals surface area contributed by atoms with Gasteiger partial charge in [0, 0.05) is 42.9 Å². The van der Waals surface area contributed by atoms with Crippen LogP contribution in [0.1, 0.15) is 28.9 Å². The number of aliphatic hydroxyl groups is 1. The molecule has 1 fully saturated rings. The smallest absolute Gasteiger partial charge is 0.273 e. The van der Waals surface area contributed by atoms with Crippen molar-refractivity contribution in [1.29, 1.82) is 0 Å². The molecule has 0 spiro atoms. The first kappa shape index (κ1) is 20.4. The molecular formula is C20H22N8O3. The Balaban J connectivity index is 1.71. The predicted octanol–water partition coefficient (Wildman–Crippen LogP) is 1.22. The predicted molar refractivity (Wildman–Crippen MR) is 112 cm³/mol. The van der Waals surface area contributed by atoms with E-state index in [1.54, 1.807) is 42.3 Å². The van der Waals surface area contributed by atoms with E-state index in [0.29, 0.717) is 28.3 Å². The van der Waals surface area contributed by atoms with Crippen LogP contribution in [0.3, 0.4) is 0 Å². The van der Waals surface area contributed by atoms with Gasteiger partial charge in [-0.1, -0.05) is 12.1 Å². The first-order valence-electron chi connectivity index (χ1n) is 9.76. The minimum Gasteiger partial charge on any atom is -0.392 e. The SMILES string of the molecule is CNC(=O)c1nnc(NC(=O)C2CC2)cc1Nc1cccc(-c2ncn(C)n2)c1CO. The monoisotopic (exact) mass is 422 g/mol. The molecule has 3 aromatic rings. The number of hydrogen-bond donors (Lipinski definition) is 4. The summed E-state index contributed by atoms with van der Waals surface area (Å²) in [7, 11) is 3.25. The quantitative estimate of drug-likeness (QED) is 0.444. The number of aromatic nitrogens is 5. The molecule has 0 atom stereocenters. The van der Waals surface area contributed by atoms with Crippen molar-refractivity contribution in [2.75, 3.05) is 17.7 Å². The topological polar surface area (TPSA) is 147 Å². The highest BCUT2D eigenvalue weighted by Gasteiger charge is 2.30. The molecule has 2 amide bonds. The molecule has 11 heteroatoms. The Kier molecular flexibility index (Phi) is 5.58. The summed E-state index contributed by atoms with van der Waals surface area (Å²) >= 11 is 0. The van der Waals surface area contributed by atoms with Crippen molar-refractivity contribution in [2.24, 2.45) is 13.0 Å². The molecule has 1 aliphatic carbocycles. The van der Waals surface area contributed by atoms with Gasteiger partial charge in [0.15, 0.2) is 17.3 Å². The summed E-state index contributed by atoms with van der Waals surface area (Å²) in [6.07, 6.45) is 3.28. The molecule has 1 aromatic carbocycles. The van der Waals surface area contributed by atoms with Crippen molar-refractivity contribution >= 4 is 29.0 Å². The Morgan fingerprint density at radius 2 is 2.03 bits per heavy atom. The number of aryl methyl sites for hydroxylation is 1. The zero-order valence-corrected chi connectivity index (χ0v) is 17.1. The molecule has 31 heavy (non-hydrogen) atoms. The number of carbonyl (C=O) groups is 2. The molecular weight excluding hydrogens is 400 g/mol. The average molecular weight is 422 g/mol. The fourth-order valence-electron chi connectivity index (χ4n) is 3.10. The maximum Gasteiger partial charge on any atom is 0.273 e. The molecule has 0 bridgehead atoms. The largest absolute Gasteiger partial charge is 0.392 e. The third-order valence-electron chi connectivity index (χ3n) is 4.88. The van der Waals surface area contributed by atoms with E-state index in [1.807, 2.05) is 0 Å². The second kappa shape index (κ2) is 8.48. The van der Waals surface area contributed by atoms with Gasteiger partial charge >= 0.3 is 0 Å². The summed E-state index contributed by atoms with van der Waals surface area (Å²) in [5, 5.41) is 30.7.